The number of urea groups is 1. The van der Waals surface area contributed by atoms with Crippen molar-refractivity contribution in [3.8, 4) is 0 Å². The molecule has 0 spiro atoms. The zero-order valence-electron chi connectivity index (χ0n) is 11.1. The molecular weight excluding hydrogens is 244 g/mol. The lowest BCUT2D eigenvalue weighted by atomic mass is 10.1. The normalized spacial score (nSPS) is 19.6. The van der Waals surface area contributed by atoms with Gasteiger partial charge in [0.25, 0.3) is 0 Å². The molecule has 19 heavy (non-hydrogen) atoms. The van der Waals surface area contributed by atoms with Crippen molar-refractivity contribution in [3.05, 3.63) is 29.8 Å². The quantitative estimate of drug-likeness (QED) is 0.780. The molecule has 2 rings (SSSR count). The first-order chi connectivity index (χ1) is 8.88. The fourth-order valence-corrected chi connectivity index (χ4v) is 2.01. The summed E-state index contributed by atoms with van der Waals surface area (Å²) in [6.45, 7) is 5.04. The topological polar surface area (TPSA) is 78.4 Å². The molecule has 1 atom stereocenters. The average Bonchev–Trinajstić information content (AvgIpc) is 2.95. The number of amides is 2. The van der Waals surface area contributed by atoms with Gasteiger partial charge in [0, 0.05) is 12.2 Å². The second-order valence-electron chi connectivity index (χ2n) is 5.61. The maximum atomic E-state index is 11.6. The summed E-state index contributed by atoms with van der Waals surface area (Å²) in [5.74, 6) is -0.431. The first-order valence-electron chi connectivity index (χ1n) is 6.27. The van der Waals surface area contributed by atoms with Crippen LogP contribution in [0.1, 0.15) is 30.6 Å². The third kappa shape index (κ3) is 3.47. The number of carboxylic acid groups (broad SMARTS) is 1. The Kier molecular flexibility index (Phi) is 3.46. The summed E-state index contributed by atoms with van der Waals surface area (Å²) in [6, 6.07) is 5.81. The molecule has 5 heteroatoms. The van der Waals surface area contributed by atoms with Crippen molar-refractivity contribution in [1.82, 2.24) is 5.32 Å². The molecule has 1 aliphatic carbocycles. The fraction of sp³-hybridized carbons (Fsp3) is 0.429. The predicted molar refractivity (Wildman–Crippen MR) is 72.3 cm³/mol. The molecule has 3 N–H and O–H groups in total. The molecule has 2 amide bonds. The Morgan fingerprint density at radius 2 is 1.89 bits per heavy atom. The number of nitrogens with one attached hydrogen (secondary N) is 2. The van der Waals surface area contributed by atoms with E-state index < -0.39 is 5.97 Å². The third-order valence-electron chi connectivity index (χ3n) is 3.62. The molecule has 0 aromatic heterocycles. The second kappa shape index (κ2) is 4.91. The van der Waals surface area contributed by atoms with Gasteiger partial charge in [-0.3, -0.25) is 0 Å². The van der Waals surface area contributed by atoms with E-state index in [4.69, 9.17) is 5.11 Å². The molecule has 1 unspecified atom stereocenters. The van der Waals surface area contributed by atoms with Gasteiger partial charge < -0.3 is 15.7 Å². The molecule has 0 radical (unpaired) electrons. The minimum atomic E-state index is -0.980. The number of hydrogen-bond acceptors (Lipinski definition) is 2. The maximum absolute atomic E-state index is 11.6. The molecule has 1 aromatic carbocycles. The van der Waals surface area contributed by atoms with Gasteiger partial charge in [0.15, 0.2) is 0 Å². The van der Waals surface area contributed by atoms with Crippen molar-refractivity contribution < 1.29 is 14.7 Å². The van der Waals surface area contributed by atoms with Crippen LogP contribution in [0.5, 0.6) is 0 Å². The van der Waals surface area contributed by atoms with Crippen molar-refractivity contribution >= 4 is 17.7 Å². The number of rotatable bonds is 4. The summed E-state index contributed by atoms with van der Waals surface area (Å²) >= 11 is 0. The first-order valence-corrected chi connectivity index (χ1v) is 6.27. The molecular formula is C14H18N2O3. The number of carboxylic acids is 1. The first kappa shape index (κ1) is 13.4. The summed E-state index contributed by atoms with van der Waals surface area (Å²) in [4.78, 5) is 22.3. The summed E-state index contributed by atoms with van der Waals surface area (Å²) in [5.41, 5.74) is 1.12. The van der Waals surface area contributed by atoms with Crippen LogP contribution in [0.4, 0.5) is 10.5 Å². The van der Waals surface area contributed by atoms with Crippen LogP contribution in [-0.4, -0.2) is 23.7 Å². The summed E-state index contributed by atoms with van der Waals surface area (Å²) in [5, 5.41) is 14.3. The van der Waals surface area contributed by atoms with E-state index in [2.05, 4.69) is 24.5 Å². The Bertz CT molecular complexity index is 494. The highest BCUT2D eigenvalue weighted by Gasteiger charge is 2.45. The fourth-order valence-electron chi connectivity index (χ4n) is 2.01. The molecule has 0 heterocycles. The highest BCUT2D eigenvalue weighted by Crippen LogP contribution is 2.50. The molecule has 0 saturated heterocycles. The lowest BCUT2D eigenvalue weighted by Crippen LogP contribution is -2.31. The number of anilines is 1. The standard InChI is InChI=1S/C14H18N2O3/c1-14(2)7-10(14)8-15-13(19)16-11-5-3-9(4-6-11)12(17)18/h3-6,10H,7-8H2,1-2H3,(H,17,18)(H2,15,16,19). The lowest BCUT2D eigenvalue weighted by molar-refractivity contribution is 0.0697. The van der Waals surface area contributed by atoms with E-state index in [0.29, 0.717) is 23.6 Å². The van der Waals surface area contributed by atoms with Gasteiger partial charge in [-0.25, -0.2) is 9.59 Å². The van der Waals surface area contributed by atoms with E-state index in [-0.39, 0.29) is 11.6 Å². The van der Waals surface area contributed by atoms with Gasteiger partial charge in [-0.2, -0.15) is 0 Å². The van der Waals surface area contributed by atoms with Gasteiger partial charge in [0.2, 0.25) is 0 Å². The Labute approximate surface area is 112 Å². The Balaban J connectivity index is 1.80. The highest BCUT2D eigenvalue weighted by atomic mass is 16.4. The maximum Gasteiger partial charge on any atom is 0.335 e. The summed E-state index contributed by atoms with van der Waals surface area (Å²) < 4.78 is 0. The monoisotopic (exact) mass is 262 g/mol. The number of aromatic carboxylic acids is 1. The lowest BCUT2D eigenvalue weighted by Gasteiger charge is -2.08. The van der Waals surface area contributed by atoms with Crippen LogP contribution in [-0.2, 0) is 0 Å². The number of hydrogen-bond donors (Lipinski definition) is 3. The Hall–Kier alpha value is -2.04. The van der Waals surface area contributed by atoms with Crippen molar-refractivity contribution in [2.24, 2.45) is 11.3 Å². The van der Waals surface area contributed by atoms with Crippen molar-refractivity contribution in [2.45, 2.75) is 20.3 Å². The summed E-state index contributed by atoms with van der Waals surface area (Å²) in [6.07, 6.45) is 1.14. The van der Waals surface area contributed by atoms with Crippen molar-refractivity contribution in [3.63, 3.8) is 0 Å². The van der Waals surface area contributed by atoms with Gasteiger partial charge in [-0.1, -0.05) is 13.8 Å². The van der Waals surface area contributed by atoms with Gasteiger partial charge in [0.1, 0.15) is 0 Å². The molecule has 1 saturated carbocycles. The van der Waals surface area contributed by atoms with E-state index in [1.54, 1.807) is 12.1 Å². The molecule has 102 valence electrons. The zero-order valence-corrected chi connectivity index (χ0v) is 11.1. The summed E-state index contributed by atoms with van der Waals surface area (Å²) in [7, 11) is 0. The average molecular weight is 262 g/mol. The van der Waals surface area contributed by atoms with Gasteiger partial charge >= 0.3 is 12.0 Å². The smallest absolute Gasteiger partial charge is 0.335 e. The van der Waals surface area contributed by atoms with E-state index in [1.807, 2.05) is 0 Å². The number of carbonyl (C=O) groups excluding carboxylic acids is 1. The molecule has 0 bridgehead atoms. The Morgan fingerprint density at radius 1 is 1.32 bits per heavy atom. The van der Waals surface area contributed by atoms with E-state index in [0.717, 1.165) is 6.42 Å². The molecule has 0 aliphatic heterocycles. The van der Waals surface area contributed by atoms with Crippen LogP contribution in [0.15, 0.2) is 24.3 Å². The minimum absolute atomic E-state index is 0.200. The molecule has 5 nitrogen and oxygen atoms in total. The van der Waals surface area contributed by atoms with Crippen LogP contribution in [0.25, 0.3) is 0 Å². The van der Waals surface area contributed by atoms with Crippen LogP contribution in [0.3, 0.4) is 0 Å². The van der Waals surface area contributed by atoms with Gasteiger partial charge in [-0.05, 0) is 42.0 Å². The minimum Gasteiger partial charge on any atom is -0.478 e. The second-order valence-corrected chi connectivity index (χ2v) is 5.61. The zero-order chi connectivity index (χ0) is 14.0. The number of benzene rings is 1. The van der Waals surface area contributed by atoms with Gasteiger partial charge in [-0.15, -0.1) is 0 Å². The number of carbonyl (C=O) groups is 2. The van der Waals surface area contributed by atoms with Gasteiger partial charge in [0.05, 0.1) is 5.56 Å². The molecule has 1 fully saturated rings. The highest BCUT2D eigenvalue weighted by molar-refractivity contribution is 5.91. The Morgan fingerprint density at radius 3 is 2.37 bits per heavy atom. The van der Waals surface area contributed by atoms with E-state index in [1.165, 1.54) is 12.1 Å². The van der Waals surface area contributed by atoms with Crippen LogP contribution in [0.2, 0.25) is 0 Å². The molecule has 1 aliphatic rings. The third-order valence-corrected chi connectivity index (χ3v) is 3.62. The van der Waals surface area contributed by atoms with E-state index in [9.17, 15) is 9.59 Å². The van der Waals surface area contributed by atoms with Crippen LogP contribution in [0, 0.1) is 11.3 Å². The van der Waals surface area contributed by atoms with Crippen molar-refractivity contribution in [1.29, 1.82) is 0 Å². The van der Waals surface area contributed by atoms with Crippen LogP contribution < -0.4 is 10.6 Å². The predicted octanol–water partition coefficient (Wildman–Crippen LogP) is 2.55. The van der Waals surface area contributed by atoms with Crippen LogP contribution >= 0.6 is 0 Å². The van der Waals surface area contributed by atoms with Crippen molar-refractivity contribution in [2.75, 3.05) is 11.9 Å². The molecule has 1 aromatic rings. The SMILES string of the molecule is CC1(C)CC1CNC(=O)Nc1ccc(C(=O)O)cc1. The van der Waals surface area contributed by atoms with E-state index >= 15 is 0 Å². The largest absolute Gasteiger partial charge is 0.478 e.